The van der Waals surface area contributed by atoms with Gasteiger partial charge >= 0.3 is 0 Å². The quantitative estimate of drug-likeness (QED) is 0.727. The summed E-state index contributed by atoms with van der Waals surface area (Å²) in [4.78, 5) is 0. The van der Waals surface area contributed by atoms with Crippen LogP contribution in [-0.2, 0) is 7.05 Å². The minimum atomic E-state index is -0.479. The maximum absolute atomic E-state index is 13.5. The summed E-state index contributed by atoms with van der Waals surface area (Å²) in [6.07, 6.45) is 1.78. The standard InChI is InChI=1S/C15H14FN3O/c1-9-5-13(17)12(16)7-15(9)20-11-4-3-10-8-18-19(2)14(10)6-11/h3-8H,17H2,1-2H3. The molecule has 3 rings (SSSR count). The molecule has 0 amide bonds. The molecule has 3 aromatic rings. The van der Waals surface area contributed by atoms with Crippen LogP contribution < -0.4 is 10.5 Å². The molecular weight excluding hydrogens is 257 g/mol. The first kappa shape index (κ1) is 12.5. The Balaban J connectivity index is 2.00. The fourth-order valence-electron chi connectivity index (χ4n) is 2.11. The van der Waals surface area contributed by atoms with Crippen molar-refractivity contribution in [1.82, 2.24) is 9.78 Å². The number of hydrogen-bond donors (Lipinski definition) is 1. The molecule has 0 aliphatic carbocycles. The van der Waals surface area contributed by atoms with Crippen LogP contribution in [0.15, 0.2) is 36.5 Å². The molecule has 0 saturated heterocycles. The van der Waals surface area contributed by atoms with Gasteiger partial charge in [0.1, 0.15) is 17.3 Å². The molecule has 2 N–H and O–H groups in total. The van der Waals surface area contributed by atoms with Gasteiger partial charge < -0.3 is 10.5 Å². The first-order valence-corrected chi connectivity index (χ1v) is 6.20. The molecule has 1 aromatic heterocycles. The third-order valence-corrected chi connectivity index (χ3v) is 3.24. The second-order valence-corrected chi connectivity index (χ2v) is 4.73. The van der Waals surface area contributed by atoms with Crippen molar-refractivity contribution in [2.24, 2.45) is 7.05 Å². The minimum absolute atomic E-state index is 0.122. The van der Waals surface area contributed by atoms with E-state index in [-0.39, 0.29) is 5.69 Å². The van der Waals surface area contributed by atoms with Gasteiger partial charge in [0.15, 0.2) is 0 Å². The highest BCUT2D eigenvalue weighted by atomic mass is 19.1. The lowest BCUT2D eigenvalue weighted by atomic mass is 10.2. The summed E-state index contributed by atoms with van der Waals surface area (Å²) in [5.41, 5.74) is 7.38. The largest absolute Gasteiger partial charge is 0.457 e. The van der Waals surface area contributed by atoms with E-state index in [1.165, 1.54) is 6.07 Å². The molecule has 0 atom stereocenters. The molecule has 0 unspecified atom stereocenters. The van der Waals surface area contributed by atoms with Crippen molar-refractivity contribution in [1.29, 1.82) is 0 Å². The number of ether oxygens (including phenoxy) is 1. The Morgan fingerprint density at radius 3 is 2.85 bits per heavy atom. The second-order valence-electron chi connectivity index (χ2n) is 4.73. The monoisotopic (exact) mass is 271 g/mol. The van der Waals surface area contributed by atoms with Gasteiger partial charge in [0.05, 0.1) is 17.4 Å². The van der Waals surface area contributed by atoms with Gasteiger partial charge in [-0.15, -0.1) is 0 Å². The summed E-state index contributed by atoms with van der Waals surface area (Å²) in [7, 11) is 1.86. The van der Waals surface area contributed by atoms with E-state index in [1.807, 2.05) is 32.2 Å². The predicted molar refractivity (Wildman–Crippen MR) is 76.3 cm³/mol. The molecule has 102 valence electrons. The Morgan fingerprint density at radius 2 is 2.05 bits per heavy atom. The van der Waals surface area contributed by atoms with Gasteiger partial charge in [-0.2, -0.15) is 5.10 Å². The molecule has 2 aromatic carbocycles. The molecule has 0 radical (unpaired) electrons. The number of aryl methyl sites for hydroxylation is 2. The van der Waals surface area contributed by atoms with Gasteiger partial charge in [0.25, 0.3) is 0 Å². The highest BCUT2D eigenvalue weighted by molar-refractivity contribution is 5.80. The topological polar surface area (TPSA) is 53.1 Å². The lowest BCUT2D eigenvalue weighted by Crippen LogP contribution is -1.95. The summed E-state index contributed by atoms with van der Waals surface area (Å²) in [6.45, 7) is 1.83. The lowest BCUT2D eigenvalue weighted by Gasteiger charge is -2.10. The Labute approximate surface area is 115 Å². The highest BCUT2D eigenvalue weighted by Gasteiger charge is 2.08. The molecule has 0 fully saturated rings. The molecule has 0 aliphatic rings. The molecule has 20 heavy (non-hydrogen) atoms. The number of halogens is 1. The van der Waals surface area contributed by atoms with Gasteiger partial charge in [-0.1, -0.05) is 0 Å². The summed E-state index contributed by atoms with van der Waals surface area (Å²) >= 11 is 0. The van der Waals surface area contributed by atoms with E-state index >= 15 is 0 Å². The van der Waals surface area contributed by atoms with Crippen molar-refractivity contribution >= 4 is 16.6 Å². The predicted octanol–water partition coefficient (Wildman–Crippen LogP) is 3.40. The van der Waals surface area contributed by atoms with E-state index in [0.29, 0.717) is 11.5 Å². The Kier molecular flexibility index (Phi) is 2.82. The first-order chi connectivity index (χ1) is 9.54. The number of fused-ring (bicyclic) bond motifs is 1. The van der Waals surface area contributed by atoms with Crippen LogP contribution in [0.25, 0.3) is 10.9 Å². The van der Waals surface area contributed by atoms with Crippen LogP contribution in [0.1, 0.15) is 5.56 Å². The SMILES string of the molecule is Cc1cc(N)c(F)cc1Oc1ccc2cnn(C)c2c1. The van der Waals surface area contributed by atoms with Crippen molar-refractivity contribution in [3.63, 3.8) is 0 Å². The van der Waals surface area contributed by atoms with Gasteiger partial charge in [-0.25, -0.2) is 4.39 Å². The molecule has 1 heterocycles. The summed E-state index contributed by atoms with van der Waals surface area (Å²) in [6, 6.07) is 8.49. The third-order valence-electron chi connectivity index (χ3n) is 3.24. The number of nitrogens with zero attached hydrogens (tertiary/aromatic N) is 2. The molecule has 0 spiro atoms. The van der Waals surface area contributed by atoms with Crippen LogP contribution >= 0.6 is 0 Å². The average Bonchev–Trinajstić information content (AvgIpc) is 2.78. The zero-order valence-corrected chi connectivity index (χ0v) is 11.2. The van der Waals surface area contributed by atoms with E-state index in [1.54, 1.807) is 16.9 Å². The number of nitrogens with two attached hydrogens (primary N) is 1. The molecule has 0 bridgehead atoms. The smallest absolute Gasteiger partial charge is 0.149 e. The van der Waals surface area contributed by atoms with E-state index in [4.69, 9.17) is 10.5 Å². The summed E-state index contributed by atoms with van der Waals surface area (Å²) in [5, 5.41) is 5.20. The molecule has 5 heteroatoms. The number of anilines is 1. The molecule has 0 saturated carbocycles. The number of nitrogen functional groups attached to an aromatic ring is 1. The van der Waals surface area contributed by atoms with Crippen molar-refractivity contribution in [2.45, 2.75) is 6.92 Å². The summed E-state index contributed by atoms with van der Waals surface area (Å²) in [5.74, 6) is 0.610. The zero-order chi connectivity index (χ0) is 14.3. The van der Waals surface area contributed by atoms with Crippen molar-refractivity contribution in [3.05, 3.63) is 47.9 Å². The Hall–Kier alpha value is -2.56. The van der Waals surface area contributed by atoms with Crippen LogP contribution in [0, 0.1) is 12.7 Å². The number of aromatic nitrogens is 2. The van der Waals surface area contributed by atoms with Crippen molar-refractivity contribution < 1.29 is 9.13 Å². The highest BCUT2D eigenvalue weighted by Crippen LogP contribution is 2.30. The van der Waals surface area contributed by atoms with Gasteiger partial charge in [-0.3, -0.25) is 4.68 Å². The maximum Gasteiger partial charge on any atom is 0.149 e. The first-order valence-electron chi connectivity index (χ1n) is 6.20. The van der Waals surface area contributed by atoms with Crippen molar-refractivity contribution in [3.8, 4) is 11.5 Å². The van der Waals surface area contributed by atoms with E-state index in [9.17, 15) is 4.39 Å². The number of benzene rings is 2. The lowest BCUT2D eigenvalue weighted by molar-refractivity contribution is 0.474. The molecular formula is C15H14FN3O. The van der Waals surface area contributed by atoms with Crippen LogP contribution in [0.3, 0.4) is 0 Å². The normalized spacial score (nSPS) is 10.9. The number of rotatable bonds is 2. The van der Waals surface area contributed by atoms with E-state index in [0.717, 1.165) is 16.5 Å². The fourth-order valence-corrected chi connectivity index (χ4v) is 2.11. The van der Waals surface area contributed by atoms with Crippen LogP contribution in [0.5, 0.6) is 11.5 Å². The summed E-state index contributed by atoms with van der Waals surface area (Å²) < 4.78 is 21.0. The second kappa shape index (κ2) is 4.52. The third kappa shape index (κ3) is 2.07. The molecule has 4 nitrogen and oxygen atoms in total. The van der Waals surface area contributed by atoms with E-state index < -0.39 is 5.82 Å². The zero-order valence-electron chi connectivity index (χ0n) is 11.2. The van der Waals surface area contributed by atoms with Crippen LogP contribution in [0.2, 0.25) is 0 Å². The minimum Gasteiger partial charge on any atom is -0.457 e. The Bertz CT molecular complexity index is 795. The maximum atomic E-state index is 13.5. The van der Waals surface area contributed by atoms with Gasteiger partial charge in [0.2, 0.25) is 0 Å². The Morgan fingerprint density at radius 1 is 1.25 bits per heavy atom. The van der Waals surface area contributed by atoms with Crippen molar-refractivity contribution in [2.75, 3.05) is 5.73 Å². The number of hydrogen-bond acceptors (Lipinski definition) is 3. The van der Waals surface area contributed by atoms with Gasteiger partial charge in [-0.05, 0) is 30.7 Å². The van der Waals surface area contributed by atoms with Crippen LogP contribution in [0.4, 0.5) is 10.1 Å². The average molecular weight is 271 g/mol. The van der Waals surface area contributed by atoms with Crippen LogP contribution in [-0.4, -0.2) is 9.78 Å². The molecule has 0 aliphatic heterocycles. The van der Waals surface area contributed by atoms with Gasteiger partial charge in [0, 0.05) is 24.6 Å². The fraction of sp³-hybridized carbons (Fsp3) is 0.133. The van der Waals surface area contributed by atoms with E-state index in [2.05, 4.69) is 5.10 Å².